The smallest absolute Gasteiger partial charge is 0.294 e. The second-order valence-electron chi connectivity index (χ2n) is 6.08. The van der Waals surface area contributed by atoms with Crippen molar-refractivity contribution >= 4 is 23.0 Å². The number of ether oxygens (including phenoxy) is 3. The molecule has 2 aliphatic heterocycles. The minimum Gasteiger partial charge on any atom is -0.454 e. The van der Waals surface area contributed by atoms with Crippen molar-refractivity contribution in [3.63, 3.8) is 0 Å². The van der Waals surface area contributed by atoms with Gasteiger partial charge in [0.25, 0.3) is 11.6 Å². The average molecular weight is 371 g/mol. The fourth-order valence-electron chi connectivity index (χ4n) is 3.06. The normalized spacial score (nSPS) is 15.5. The molecule has 27 heavy (non-hydrogen) atoms. The highest BCUT2D eigenvalue weighted by atomic mass is 16.7. The molecule has 140 valence electrons. The molecule has 1 amide bonds. The summed E-state index contributed by atoms with van der Waals surface area (Å²) in [6, 6.07) is 9.52. The van der Waals surface area contributed by atoms with Gasteiger partial charge in [0.05, 0.1) is 18.1 Å². The number of amides is 1. The van der Waals surface area contributed by atoms with Crippen LogP contribution >= 0.6 is 0 Å². The molecule has 0 saturated carbocycles. The van der Waals surface area contributed by atoms with E-state index in [2.05, 4.69) is 5.32 Å². The number of nitro benzene ring substituents is 1. The Morgan fingerprint density at radius 3 is 2.63 bits per heavy atom. The summed E-state index contributed by atoms with van der Waals surface area (Å²) in [6.45, 7) is 2.35. The van der Waals surface area contributed by atoms with Gasteiger partial charge in [-0.15, -0.1) is 0 Å². The van der Waals surface area contributed by atoms with Gasteiger partial charge >= 0.3 is 0 Å². The Morgan fingerprint density at radius 2 is 1.85 bits per heavy atom. The van der Waals surface area contributed by atoms with E-state index in [0.29, 0.717) is 54.7 Å². The first kappa shape index (κ1) is 17.1. The van der Waals surface area contributed by atoms with Crippen LogP contribution in [0.25, 0.3) is 0 Å². The molecule has 9 nitrogen and oxygen atoms in total. The van der Waals surface area contributed by atoms with Gasteiger partial charge in [0.1, 0.15) is 5.69 Å². The van der Waals surface area contributed by atoms with Gasteiger partial charge in [-0.2, -0.15) is 0 Å². The van der Waals surface area contributed by atoms with Gasteiger partial charge in [0.15, 0.2) is 11.5 Å². The number of morpholine rings is 1. The Hall–Kier alpha value is -3.33. The number of nitrogens with one attached hydrogen (secondary N) is 1. The van der Waals surface area contributed by atoms with Crippen LogP contribution in [0.1, 0.15) is 10.4 Å². The van der Waals surface area contributed by atoms with Crippen molar-refractivity contribution in [2.24, 2.45) is 0 Å². The number of carbonyl (C=O) groups excluding carboxylic acids is 1. The minimum absolute atomic E-state index is 0.0552. The van der Waals surface area contributed by atoms with E-state index in [9.17, 15) is 14.9 Å². The molecule has 2 aromatic rings. The van der Waals surface area contributed by atoms with E-state index in [1.165, 1.54) is 6.07 Å². The number of anilines is 2. The number of benzene rings is 2. The predicted molar refractivity (Wildman–Crippen MR) is 96.6 cm³/mol. The predicted octanol–water partition coefficient (Wildman–Crippen LogP) is 2.41. The average Bonchev–Trinajstić information content (AvgIpc) is 3.16. The van der Waals surface area contributed by atoms with Crippen molar-refractivity contribution in [3.05, 3.63) is 52.1 Å². The lowest BCUT2D eigenvalue weighted by Crippen LogP contribution is -2.36. The summed E-state index contributed by atoms with van der Waals surface area (Å²) in [5, 5.41) is 14.2. The number of hydrogen-bond acceptors (Lipinski definition) is 7. The SMILES string of the molecule is O=C(Nc1ccc(N2CCOCC2)c([N+](=O)[O-])c1)c1ccc2c(c1)OCO2. The van der Waals surface area contributed by atoms with Crippen LogP contribution in [-0.2, 0) is 4.74 Å². The van der Waals surface area contributed by atoms with Crippen molar-refractivity contribution in [2.45, 2.75) is 0 Å². The lowest BCUT2D eigenvalue weighted by molar-refractivity contribution is -0.384. The van der Waals surface area contributed by atoms with Crippen LogP contribution < -0.4 is 19.7 Å². The third-order valence-electron chi connectivity index (χ3n) is 4.42. The van der Waals surface area contributed by atoms with Gasteiger partial charge in [0, 0.05) is 30.4 Å². The zero-order valence-electron chi connectivity index (χ0n) is 14.3. The zero-order valence-corrected chi connectivity index (χ0v) is 14.3. The highest BCUT2D eigenvalue weighted by molar-refractivity contribution is 6.05. The summed E-state index contributed by atoms with van der Waals surface area (Å²) in [4.78, 5) is 25.4. The molecule has 9 heteroatoms. The third-order valence-corrected chi connectivity index (χ3v) is 4.42. The molecule has 0 aliphatic carbocycles. The summed E-state index contributed by atoms with van der Waals surface area (Å²) >= 11 is 0. The van der Waals surface area contributed by atoms with Crippen LogP contribution in [-0.4, -0.2) is 43.9 Å². The summed E-state index contributed by atoms with van der Waals surface area (Å²) in [6.07, 6.45) is 0. The number of rotatable bonds is 4. The first-order valence-corrected chi connectivity index (χ1v) is 8.44. The maximum atomic E-state index is 12.5. The molecule has 2 aromatic carbocycles. The fourth-order valence-corrected chi connectivity index (χ4v) is 3.06. The summed E-state index contributed by atoms with van der Waals surface area (Å²) in [7, 11) is 0. The quantitative estimate of drug-likeness (QED) is 0.650. The topological polar surface area (TPSA) is 103 Å². The highest BCUT2D eigenvalue weighted by Gasteiger charge is 2.23. The van der Waals surface area contributed by atoms with Gasteiger partial charge in [-0.3, -0.25) is 14.9 Å². The number of carbonyl (C=O) groups is 1. The summed E-state index contributed by atoms with van der Waals surface area (Å²) in [5.74, 6) is 0.690. The maximum absolute atomic E-state index is 12.5. The fraction of sp³-hybridized carbons (Fsp3) is 0.278. The molecule has 2 aliphatic rings. The Morgan fingerprint density at radius 1 is 1.07 bits per heavy atom. The number of hydrogen-bond donors (Lipinski definition) is 1. The van der Waals surface area contributed by atoms with Crippen molar-refractivity contribution in [2.75, 3.05) is 43.3 Å². The Labute approximate surface area is 154 Å². The lowest BCUT2D eigenvalue weighted by atomic mass is 10.1. The van der Waals surface area contributed by atoms with Gasteiger partial charge in [0.2, 0.25) is 6.79 Å². The molecule has 0 bridgehead atoms. The standard InChI is InChI=1S/C18H17N3O6/c22-18(12-1-4-16-17(9-12)27-11-26-16)19-13-2-3-14(15(10-13)21(23)24)20-5-7-25-8-6-20/h1-4,9-10H,5-8,11H2,(H,19,22). The molecule has 0 radical (unpaired) electrons. The molecule has 0 aromatic heterocycles. The first-order chi connectivity index (χ1) is 13.1. The second-order valence-corrected chi connectivity index (χ2v) is 6.08. The molecule has 2 heterocycles. The van der Waals surface area contributed by atoms with Crippen molar-refractivity contribution < 1.29 is 23.9 Å². The molecular formula is C18H17N3O6. The third kappa shape index (κ3) is 3.49. The van der Waals surface area contributed by atoms with E-state index < -0.39 is 4.92 Å². The Balaban J connectivity index is 1.55. The molecular weight excluding hydrogens is 354 g/mol. The van der Waals surface area contributed by atoms with Crippen LogP contribution in [0.2, 0.25) is 0 Å². The van der Waals surface area contributed by atoms with Gasteiger partial charge in [-0.1, -0.05) is 0 Å². The lowest BCUT2D eigenvalue weighted by Gasteiger charge is -2.28. The monoisotopic (exact) mass is 371 g/mol. The molecule has 4 rings (SSSR count). The summed E-state index contributed by atoms with van der Waals surface area (Å²) in [5.41, 5.74) is 1.19. The minimum atomic E-state index is -0.443. The van der Waals surface area contributed by atoms with Crippen LogP contribution in [0.5, 0.6) is 11.5 Å². The molecule has 0 atom stereocenters. The maximum Gasteiger partial charge on any atom is 0.294 e. The Kier molecular flexibility index (Phi) is 4.51. The van der Waals surface area contributed by atoms with Crippen LogP contribution in [0.4, 0.5) is 17.1 Å². The highest BCUT2D eigenvalue weighted by Crippen LogP contribution is 2.34. The molecule has 0 unspecified atom stereocenters. The first-order valence-electron chi connectivity index (χ1n) is 8.44. The van der Waals surface area contributed by atoms with E-state index >= 15 is 0 Å². The van der Waals surface area contributed by atoms with Crippen LogP contribution in [0.15, 0.2) is 36.4 Å². The van der Waals surface area contributed by atoms with Crippen molar-refractivity contribution in [3.8, 4) is 11.5 Å². The van der Waals surface area contributed by atoms with E-state index in [1.54, 1.807) is 30.3 Å². The number of nitrogens with zero attached hydrogens (tertiary/aromatic N) is 2. The molecule has 1 saturated heterocycles. The van der Waals surface area contributed by atoms with E-state index in [4.69, 9.17) is 14.2 Å². The second kappa shape index (κ2) is 7.12. The van der Waals surface area contributed by atoms with E-state index in [-0.39, 0.29) is 18.4 Å². The summed E-state index contributed by atoms with van der Waals surface area (Å²) < 4.78 is 15.8. The van der Waals surface area contributed by atoms with E-state index in [0.717, 1.165) is 0 Å². The molecule has 1 N–H and O–H groups in total. The number of fused-ring (bicyclic) bond motifs is 1. The van der Waals surface area contributed by atoms with Crippen molar-refractivity contribution in [1.82, 2.24) is 0 Å². The van der Waals surface area contributed by atoms with Gasteiger partial charge in [-0.05, 0) is 30.3 Å². The number of nitro groups is 1. The molecule has 0 spiro atoms. The van der Waals surface area contributed by atoms with Gasteiger partial charge in [-0.25, -0.2) is 0 Å². The van der Waals surface area contributed by atoms with Crippen LogP contribution in [0.3, 0.4) is 0 Å². The van der Waals surface area contributed by atoms with Crippen molar-refractivity contribution in [1.29, 1.82) is 0 Å². The zero-order chi connectivity index (χ0) is 18.8. The Bertz CT molecular complexity index is 895. The largest absolute Gasteiger partial charge is 0.454 e. The van der Waals surface area contributed by atoms with E-state index in [1.807, 2.05) is 4.90 Å². The van der Waals surface area contributed by atoms with Crippen LogP contribution in [0, 0.1) is 10.1 Å². The van der Waals surface area contributed by atoms with Gasteiger partial charge < -0.3 is 24.4 Å². The molecule has 1 fully saturated rings.